The summed E-state index contributed by atoms with van der Waals surface area (Å²) in [7, 11) is -3.01. The first kappa shape index (κ1) is 22.2. The van der Waals surface area contributed by atoms with Crippen molar-refractivity contribution >= 4 is 15.7 Å². The number of carbonyl (C=O) groups excluding carboxylic acids is 1. The van der Waals surface area contributed by atoms with Crippen molar-refractivity contribution in [1.82, 2.24) is 10.2 Å². The van der Waals surface area contributed by atoms with E-state index in [1.807, 2.05) is 24.3 Å². The topological polar surface area (TPSA) is 75.7 Å². The summed E-state index contributed by atoms with van der Waals surface area (Å²) in [5.41, 5.74) is 1.35. The van der Waals surface area contributed by atoms with Crippen LogP contribution in [0.3, 0.4) is 0 Å². The molecule has 3 rings (SSSR count). The number of alkyl halides is 2. The summed E-state index contributed by atoms with van der Waals surface area (Å²) >= 11 is 0. The summed E-state index contributed by atoms with van der Waals surface area (Å²) in [6.07, 6.45) is 1.55. The fourth-order valence-electron chi connectivity index (χ4n) is 3.48. The SMILES string of the molecule is COc1ccccc1CN1CCC(NC(=O)c2ccc(S(=O)(=O)C(F)F)cc2)CC1. The van der Waals surface area contributed by atoms with Crippen molar-refractivity contribution in [2.75, 3.05) is 20.2 Å². The van der Waals surface area contributed by atoms with E-state index in [0.29, 0.717) is 0 Å². The summed E-state index contributed by atoms with van der Waals surface area (Å²) < 4.78 is 53.5. The van der Waals surface area contributed by atoms with Gasteiger partial charge in [-0.15, -0.1) is 0 Å². The quantitative estimate of drug-likeness (QED) is 0.719. The molecule has 2 aromatic carbocycles. The molecule has 1 aliphatic rings. The molecule has 1 N–H and O–H groups in total. The van der Waals surface area contributed by atoms with Crippen LogP contribution in [0.5, 0.6) is 5.75 Å². The van der Waals surface area contributed by atoms with Gasteiger partial charge in [0, 0.05) is 36.8 Å². The smallest absolute Gasteiger partial charge is 0.341 e. The van der Waals surface area contributed by atoms with Gasteiger partial charge in [-0.3, -0.25) is 9.69 Å². The summed E-state index contributed by atoms with van der Waals surface area (Å²) in [6, 6.07) is 12.4. The van der Waals surface area contributed by atoms with E-state index in [1.54, 1.807) is 7.11 Å². The first-order chi connectivity index (χ1) is 14.3. The van der Waals surface area contributed by atoms with E-state index < -0.39 is 20.5 Å². The molecule has 1 fully saturated rings. The molecule has 30 heavy (non-hydrogen) atoms. The van der Waals surface area contributed by atoms with Crippen LogP contribution in [-0.2, 0) is 16.4 Å². The normalized spacial score (nSPS) is 15.9. The second-order valence-electron chi connectivity index (χ2n) is 7.17. The van der Waals surface area contributed by atoms with Crippen molar-refractivity contribution in [2.24, 2.45) is 0 Å². The lowest BCUT2D eigenvalue weighted by atomic mass is 10.0. The number of amides is 1. The van der Waals surface area contributed by atoms with Crippen LogP contribution < -0.4 is 10.1 Å². The van der Waals surface area contributed by atoms with Crippen LogP contribution in [0.15, 0.2) is 53.4 Å². The van der Waals surface area contributed by atoms with Crippen molar-refractivity contribution in [2.45, 2.75) is 36.1 Å². The highest BCUT2D eigenvalue weighted by molar-refractivity contribution is 7.91. The Labute approximate surface area is 174 Å². The number of hydrogen-bond acceptors (Lipinski definition) is 5. The zero-order chi connectivity index (χ0) is 21.7. The number of benzene rings is 2. The average Bonchev–Trinajstić information content (AvgIpc) is 2.75. The van der Waals surface area contributed by atoms with Gasteiger partial charge in [0.2, 0.25) is 9.84 Å². The molecule has 2 aromatic rings. The number of halogens is 2. The van der Waals surface area contributed by atoms with Gasteiger partial charge in [0.15, 0.2) is 0 Å². The summed E-state index contributed by atoms with van der Waals surface area (Å²) in [5, 5.41) is 2.94. The molecule has 0 aromatic heterocycles. The lowest BCUT2D eigenvalue weighted by Gasteiger charge is -2.32. The minimum absolute atomic E-state index is 0.00380. The van der Waals surface area contributed by atoms with Crippen LogP contribution in [0.25, 0.3) is 0 Å². The molecule has 0 atom stereocenters. The van der Waals surface area contributed by atoms with Gasteiger partial charge >= 0.3 is 5.76 Å². The molecule has 0 unspecified atom stereocenters. The van der Waals surface area contributed by atoms with Gasteiger partial charge in [-0.1, -0.05) is 18.2 Å². The number of likely N-dealkylation sites (tertiary alicyclic amines) is 1. The fraction of sp³-hybridized carbons (Fsp3) is 0.381. The van der Waals surface area contributed by atoms with E-state index in [0.717, 1.165) is 55.9 Å². The number of rotatable bonds is 7. The molecule has 0 radical (unpaired) electrons. The largest absolute Gasteiger partial charge is 0.496 e. The van der Waals surface area contributed by atoms with E-state index in [4.69, 9.17) is 4.74 Å². The average molecular weight is 438 g/mol. The Morgan fingerprint density at radius 1 is 1.13 bits per heavy atom. The van der Waals surface area contributed by atoms with Crippen molar-refractivity contribution in [1.29, 1.82) is 0 Å². The number of nitrogens with one attached hydrogen (secondary N) is 1. The molecule has 0 saturated carbocycles. The second-order valence-corrected chi connectivity index (χ2v) is 9.08. The molecule has 0 spiro atoms. The van der Waals surface area contributed by atoms with Gasteiger partial charge < -0.3 is 10.1 Å². The number of nitrogens with zero attached hydrogens (tertiary/aromatic N) is 1. The van der Waals surface area contributed by atoms with Crippen LogP contribution in [0.1, 0.15) is 28.8 Å². The highest BCUT2D eigenvalue weighted by atomic mass is 32.2. The first-order valence-electron chi connectivity index (χ1n) is 9.58. The predicted octanol–water partition coefficient (Wildman–Crippen LogP) is 3.09. The van der Waals surface area contributed by atoms with Crippen LogP contribution in [0.4, 0.5) is 8.78 Å². The van der Waals surface area contributed by atoms with Gasteiger partial charge in [0.05, 0.1) is 12.0 Å². The van der Waals surface area contributed by atoms with Crippen molar-refractivity contribution < 1.29 is 26.7 Å². The number of carbonyl (C=O) groups is 1. The van der Waals surface area contributed by atoms with Crippen LogP contribution in [0, 0.1) is 0 Å². The van der Waals surface area contributed by atoms with Gasteiger partial charge in [-0.25, -0.2) is 8.42 Å². The number of ether oxygens (including phenoxy) is 1. The van der Waals surface area contributed by atoms with E-state index >= 15 is 0 Å². The Bertz CT molecular complexity index is 973. The Hall–Kier alpha value is -2.52. The molecule has 0 bridgehead atoms. The standard InChI is InChI=1S/C21H24F2N2O4S/c1-29-19-5-3-2-4-16(19)14-25-12-10-17(11-13-25)24-20(26)15-6-8-18(9-7-15)30(27,28)21(22)23/h2-9,17,21H,10-14H2,1H3,(H,24,26). The molecular weight excluding hydrogens is 414 g/mol. The number of piperidine rings is 1. The number of para-hydroxylation sites is 1. The van der Waals surface area contributed by atoms with Crippen LogP contribution in [-0.4, -0.2) is 51.2 Å². The predicted molar refractivity (Wildman–Crippen MR) is 108 cm³/mol. The lowest BCUT2D eigenvalue weighted by Crippen LogP contribution is -2.44. The zero-order valence-electron chi connectivity index (χ0n) is 16.6. The molecular formula is C21H24F2N2O4S. The Morgan fingerprint density at radius 3 is 2.37 bits per heavy atom. The number of methoxy groups -OCH3 is 1. The van der Waals surface area contributed by atoms with Crippen LogP contribution >= 0.6 is 0 Å². The Kier molecular flexibility index (Phi) is 7.04. The van der Waals surface area contributed by atoms with E-state index in [1.165, 1.54) is 12.1 Å². The zero-order valence-corrected chi connectivity index (χ0v) is 17.4. The fourth-order valence-corrected chi connectivity index (χ4v) is 4.20. The van der Waals surface area contributed by atoms with Gasteiger partial charge in [-0.05, 0) is 43.2 Å². The third-order valence-electron chi connectivity index (χ3n) is 5.19. The Morgan fingerprint density at radius 2 is 1.77 bits per heavy atom. The van der Waals surface area contributed by atoms with Crippen LogP contribution in [0.2, 0.25) is 0 Å². The van der Waals surface area contributed by atoms with Crippen molar-refractivity contribution in [3.8, 4) is 5.75 Å². The highest BCUT2D eigenvalue weighted by Gasteiger charge is 2.27. The third kappa shape index (κ3) is 5.14. The highest BCUT2D eigenvalue weighted by Crippen LogP contribution is 2.22. The summed E-state index contributed by atoms with van der Waals surface area (Å²) in [6.45, 7) is 2.40. The number of sulfone groups is 1. The molecule has 1 amide bonds. The number of hydrogen-bond donors (Lipinski definition) is 1. The second kappa shape index (κ2) is 9.53. The molecule has 6 nitrogen and oxygen atoms in total. The van der Waals surface area contributed by atoms with Crippen molar-refractivity contribution in [3.05, 3.63) is 59.7 Å². The van der Waals surface area contributed by atoms with E-state index in [2.05, 4.69) is 10.2 Å². The first-order valence-corrected chi connectivity index (χ1v) is 11.1. The van der Waals surface area contributed by atoms with Crippen molar-refractivity contribution in [3.63, 3.8) is 0 Å². The van der Waals surface area contributed by atoms with Gasteiger partial charge in [-0.2, -0.15) is 8.78 Å². The molecule has 162 valence electrons. The van der Waals surface area contributed by atoms with E-state index in [-0.39, 0.29) is 17.5 Å². The van der Waals surface area contributed by atoms with E-state index in [9.17, 15) is 22.0 Å². The maximum absolute atomic E-state index is 12.6. The minimum atomic E-state index is -4.66. The maximum Gasteiger partial charge on any atom is 0.341 e. The summed E-state index contributed by atoms with van der Waals surface area (Å²) in [5.74, 6) is -2.98. The Balaban J connectivity index is 1.53. The molecule has 1 aliphatic heterocycles. The molecule has 9 heteroatoms. The third-order valence-corrected chi connectivity index (χ3v) is 6.59. The molecule has 1 saturated heterocycles. The molecule has 0 aliphatic carbocycles. The van der Waals surface area contributed by atoms with Gasteiger partial charge in [0.25, 0.3) is 5.91 Å². The monoisotopic (exact) mass is 438 g/mol. The lowest BCUT2D eigenvalue weighted by molar-refractivity contribution is 0.0908. The summed E-state index contributed by atoms with van der Waals surface area (Å²) in [4.78, 5) is 14.2. The molecule has 1 heterocycles. The maximum atomic E-state index is 12.6. The van der Waals surface area contributed by atoms with Gasteiger partial charge in [0.1, 0.15) is 5.75 Å². The minimum Gasteiger partial charge on any atom is -0.496 e.